The Kier molecular flexibility index (Phi) is 21.7. The van der Waals surface area contributed by atoms with Crippen molar-refractivity contribution in [1.29, 1.82) is 0 Å². The van der Waals surface area contributed by atoms with Crippen molar-refractivity contribution in [3.8, 4) is 0 Å². The lowest BCUT2D eigenvalue weighted by Gasteiger charge is -2.46. The van der Waals surface area contributed by atoms with Crippen LogP contribution in [0.1, 0.15) is 181 Å². The van der Waals surface area contributed by atoms with Gasteiger partial charge in [0.2, 0.25) is 0 Å². The monoisotopic (exact) mass is 786 g/mol. The summed E-state index contributed by atoms with van der Waals surface area (Å²) in [5.41, 5.74) is -0.135. The van der Waals surface area contributed by atoms with Crippen LogP contribution in [0.15, 0.2) is 0 Å². The molecule has 0 spiro atoms. The molecule has 324 valence electrons. The molecule has 0 amide bonds. The fourth-order valence-corrected chi connectivity index (χ4v) is 9.75. The fraction of sp³-hybridized carbons (Fsp3) is 1.00. The van der Waals surface area contributed by atoms with E-state index in [2.05, 4.69) is 19.2 Å². The van der Waals surface area contributed by atoms with Crippen LogP contribution in [-0.2, 0) is 18.9 Å². The Labute approximate surface area is 333 Å². The number of hydrogen-bond donors (Lipinski definition) is 7. The van der Waals surface area contributed by atoms with E-state index in [9.17, 15) is 30.6 Å². The highest BCUT2D eigenvalue weighted by atomic mass is 16.7. The van der Waals surface area contributed by atoms with Gasteiger partial charge in [0.05, 0.1) is 61.9 Å². The molecule has 0 aromatic rings. The molecule has 4 saturated heterocycles. The lowest BCUT2D eigenvalue weighted by Crippen LogP contribution is -2.67. The van der Waals surface area contributed by atoms with E-state index in [0.717, 1.165) is 50.9 Å². The Hall–Kier alpha value is -0.440. The molecule has 0 radical (unpaired) electrons. The van der Waals surface area contributed by atoms with Gasteiger partial charge in [-0.1, -0.05) is 142 Å². The lowest BCUT2D eigenvalue weighted by atomic mass is 9.83. The molecule has 5 rings (SSSR count). The SMILES string of the molecule is CCCCCCCCCCCCCC[C@@H](O)[C@@H](O)[C@H](COC1OC(CO)C(O)C(O)C1O)NC1(CCCCCCCCCC[C@H]2C[C@@H]3C[C@@]2(CC)O3)COC1. The standard InChI is InChI=1S/C44H83NO10/c1-3-5-6-7-8-9-10-11-12-16-19-22-25-36(47)38(48)35(30-53-42-41(51)40(50)39(49)37(29-46)54-42)45-43(31-52-32-43)26-23-20-17-14-13-15-18-21-24-33-27-34-28-44(33,4-2)55-34/h33-42,45-51H,3-32H2,1-2H3/t33-,34+,35-,36+,37?,38-,39?,40?,41?,42?,44+/m0/s1. The summed E-state index contributed by atoms with van der Waals surface area (Å²) in [4.78, 5) is 0. The van der Waals surface area contributed by atoms with E-state index >= 15 is 0 Å². The maximum absolute atomic E-state index is 11.5. The highest BCUT2D eigenvalue weighted by Gasteiger charge is 2.57. The van der Waals surface area contributed by atoms with Gasteiger partial charge < -0.3 is 49.6 Å². The molecule has 1 saturated carbocycles. The number of ether oxygens (including phenoxy) is 4. The van der Waals surface area contributed by atoms with Crippen LogP contribution in [-0.4, -0.2) is 123 Å². The first-order valence-electron chi connectivity index (χ1n) is 23.0. The van der Waals surface area contributed by atoms with Crippen LogP contribution in [0.4, 0.5) is 0 Å². The summed E-state index contributed by atoms with van der Waals surface area (Å²) in [6.45, 7) is 4.85. The fourth-order valence-electron chi connectivity index (χ4n) is 9.75. The van der Waals surface area contributed by atoms with Gasteiger partial charge in [-0.05, 0) is 38.0 Å². The van der Waals surface area contributed by atoms with Crippen molar-refractivity contribution in [2.75, 3.05) is 26.4 Å². The van der Waals surface area contributed by atoms with Crippen LogP contribution in [0.2, 0.25) is 0 Å². The summed E-state index contributed by atoms with van der Waals surface area (Å²) in [6, 6.07) is -0.697. The van der Waals surface area contributed by atoms with Crippen molar-refractivity contribution in [3.63, 3.8) is 0 Å². The zero-order chi connectivity index (χ0) is 39.5. The van der Waals surface area contributed by atoms with Gasteiger partial charge in [-0.2, -0.15) is 0 Å². The smallest absolute Gasteiger partial charge is 0.186 e. The van der Waals surface area contributed by atoms with Crippen LogP contribution >= 0.6 is 0 Å². The molecule has 55 heavy (non-hydrogen) atoms. The van der Waals surface area contributed by atoms with E-state index in [1.165, 1.54) is 116 Å². The Morgan fingerprint density at radius 1 is 0.727 bits per heavy atom. The van der Waals surface area contributed by atoms with Crippen molar-refractivity contribution >= 4 is 0 Å². The highest BCUT2D eigenvalue weighted by Crippen LogP contribution is 2.55. The summed E-state index contributed by atoms with van der Waals surface area (Å²) < 4.78 is 23.3. The van der Waals surface area contributed by atoms with Crippen LogP contribution in [0, 0.1) is 5.92 Å². The van der Waals surface area contributed by atoms with Crippen molar-refractivity contribution < 1.29 is 49.6 Å². The minimum atomic E-state index is -1.55. The molecule has 4 heterocycles. The van der Waals surface area contributed by atoms with Crippen molar-refractivity contribution in [1.82, 2.24) is 5.32 Å². The minimum absolute atomic E-state index is 0.116. The molecule has 11 heteroatoms. The molecular weight excluding hydrogens is 702 g/mol. The van der Waals surface area contributed by atoms with Crippen LogP contribution in [0.5, 0.6) is 0 Å². The van der Waals surface area contributed by atoms with E-state index in [4.69, 9.17) is 18.9 Å². The number of aliphatic hydroxyl groups excluding tert-OH is 6. The minimum Gasteiger partial charge on any atom is -0.394 e. The summed E-state index contributed by atoms with van der Waals surface area (Å²) in [5, 5.41) is 66.9. The van der Waals surface area contributed by atoms with E-state index in [1.807, 2.05) is 0 Å². The topological polar surface area (TPSA) is 170 Å². The maximum Gasteiger partial charge on any atom is 0.186 e. The van der Waals surface area contributed by atoms with Gasteiger partial charge in [0.15, 0.2) is 6.29 Å². The molecule has 0 aromatic heterocycles. The van der Waals surface area contributed by atoms with E-state index in [1.54, 1.807) is 0 Å². The number of aliphatic hydroxyl groups is 6. The molecule has 7 N–H and O–H groups in total. The highest BCUT2D eigenvalue weighted by molar-refractivity contribution is 5.06. The second kappa shape index (κ2) is 25.2. The first-order valence-corrected chi connectivity index (χ1v) is 23.0. The average Bonchev–Trinajstić information content (AvgIpc) is 3.70. The molecular formula is C44H83NO10. The second-order valence-corrected chi connectivity index (χ2v) is 18.0. The average molecular weight is 786 g/mol. The first-order chi connectivity index (χ1) is 26.7. The molecule has 1 aliphatic carbocycles. The number of nitrogens with one attached hydrogen (secondary N) is 1. The number of unbranched alkanes of at least 4 members (excludes halogenated alkanes) is 18. The molecule has 11 nitrogen and oxygen atoms in total. The predicted molar refractivity (Wildman–Crippen MR) is 215 cm³/mol. The van der Waals surface area contributed by atoms with Gasteiger partial charge >= 0.3 is 0 Å². The van der Waals surface area contributed by atoms with Gasteiger partial charge in [-0.3, -0.25) is 5.32 Å². The van der Waals surface area contributed by atoms with Crippen molar-refractivity contribution in [3.05, 3.63) is 0 Å². The normalized spacial score (nSPS) is 31.5. The molecule has 5 aliphatic rings. The number of rotatable bonds is 33. The molecule has 0 aromatic carbocycles. The van der Waals surface area contributed by atoms with E-state index in [0.29, 0.717) is 25.7 Å². The number of hydrogen-bond acceptors (Lipinski definition) is 11. The lowest BCUT2D eigenvalue weighted by molar-refractivity contribution is -0.303. The van der Waals surface area contributed by atoms with Gasteiger partial charge in [-0.25, -0.2) is 0 Å². The van der Waals surface area contributed by atoms with Crippen molar-refractivity contribution in [2.45, 2.75) is 247 Å². The number of fused-ring (bicyclic) bond motifs is 1. The van der Waals surface area contributed by atoms with Gasteiger partial charge in [0.25, 0.3) is 0 Å². The van der Waals surface area contributed by atoms with Crippen molar-refractivity contribution in [2.24, 2.45) is 5.92 Å². The zero-order valence-electron chi connectivity index (χ0n) is 34.8. The molecule has 4 aliphatic heterocycles. The van der Waals surface area contributed by atoms with Crippen LogP contribution in [0.3, 0.4) is 0 Å². The van der Waals surface area contributed by atoms with Gasteiger partial charge in [0.1, 0.15) is 24.4 Å². The third kappa shape index (κ3) is 14.7. The van der Waals surface area contributed by atoms with E-state index in [-0.39, 0.29) is 17.7 Å². The summed E-state index contributed by atoms with van der Waals surface area (Å²) in [7, 11) is 0. The van der Waals surface area contributed by atoms with Crippen LogP contribution in [0.25, 0.3) is 0 Å². The molecule has 11 atom stereocenters. The Morgan fingerprint density at radius 2 is 1.29 bits per heavy atom. The molecule has 2 bridgehead atoms. The first kappa shape index (κ1) is 47.2. The van der Waals surface area contributed by atoms with Crippen LogP contribution < -0.4 is 5.32 Å². The Bertz CT molecular complexity index is 994. The van der Waals surface area contributed by atoms with E-state index < -0.39 is 55.6 Å². The zero-order valence-corrected chi connectivity index (χ0v) is 34.8. The third-order valence-corrected chi connectivity index (χ3v) is 13.5. The maximum atomic E-state index is 11.5. The Morgan fingerprint density at radius 3 is 1.84 bits per heavy atom. The third-order valence-electron chi connectivity index (χ3n) is 13.5. The summed E-state index contributed by atoms with van der Waals surface area (Å²) in [6.07, 6.45) is 22.3. The predicted octanol–water partition coefficient (Wildman–Crippen LogP) is 6.20. The molecule has 5 fully saturated rings. The Balaban J connectivity index is 1.16. The molecule has 5 unspecified atom stereocenters. The summed E-state index contributed by atoms with van der Waals surface area (Å²) >= 11 is 0. The van der Waals surface area contributed by atoms with Gasteiger partial charge in [0, 0.05) is 6.42 Å². The quantitative estimate of drug-likeness (QED) is 0.0378. The second-order valence-electron chi connectivity index (χ2n) is 18.0. The van der Waals surface area contributed by atoms with Gasteiger partial charge in [-0.15, -0.1) is 0 Å². The summed E-state index contributed by atoms with van der Waals surface area (Å²) in [5.74, 6) is 0.779. The largest absolute Gasteiger partial charge is 0.394 e.